The third-order valence-corrected chi connectivity index (χ3v) is 7.90. The van der Waals surface area contributed by atoms with E-state index < -0.39 is 15.9 Å². The zero-order valence-electron chi connectivity index (χ0n) is 18.3. The van der Waals surface area contributed by atoms with Crippen molar-refractivity contribution in [2.75, 3.05) is 31.6 Å². The molecule has 0 aromatic heterocycles. The molecule has 0 unspecified atom stereocenters. The Morgan fingerprint density at radius 1 is 0.941 bits per heavy atom. The maximum atomic E-state index is 12.9. The van der Waals surface area contributed by atoms with Crippen LogP contribution in [0.4, 0.5) is 5.69 Å². The van der Waals surface area contributed by atoms with Gasteiger partial charge >= 0.3 is 0 Å². The number of hydrogen-bond donors (Lipinski definition) is 2. The molecule has 174 valence electrons. The van der Waals surface area contributed by atoms with Gasteiger partial charge in [-0.15, -0.1) is 0 Å². The molecule has 3 aromatic carbocycles. The van der Waals surface area contributed by atoms with Crippen molar-refractivity contribution in [2.24, 2.45) is 0 Å². The molecule has 2 heterocycles. The molecule has 2 aliphatic heterocycles. The Morgan fingerprint density at radius 3 is 2.41 bits per heavy atom. The number of nitrogens with zero attached hydrogens (tertiary/aromatic N) is 1. The number of amides is 2. The largest absolute Gasteiger partial charge is 0.379 e. The Balaban J connectivity index is 1.33. The zero-order valence-corrected chi connectivity index (χ0v) is 19.1. The first kappa shape index (κ1) is 22.3. The highest BCUT2D eigenvalue weighted by atomic mass is 32.2. The first-order valence-electron chi connectivity index (χ1n) is 10.9. The van der Waals surface area contributed by atoms with Gasteiger partial charge in [0, 0.05) is 36.4 Å². The topological polar surface area (TPSA) is 105 Å². The smallest absolute Gasteiger partial charge is 0.255 e. The molecule has 2 aliphatic rings. The molecule has 1 saturated heterocycles. The highest BCUT2D eigenvalue weighted by Gasteiger charge is 2.27. The summed E-state index contributed by atoms with van der Waals surface area (Å²) < 4.78 is 32.4. The first-order valence-corrected chi connectivity index (χ1v) is 12.4. The Kier molecular flexibility index (Phi) is 5.91. The van der Waals surface area contributed by atoms with Crippen molar-refractivity contribution in [3.63, 3.8) is 0 Å². The molecule has 0 aliphatic carbocycles. The van der Waals surface area contributed by atoms with Gasteiger partial charge in [-0.05, 0) is 53.1 Å². The van der Waals surface area contributed by atoms with Gasteiger partial charge in [-0.2, -0.15) is 4.31 Å². The maximum Gasteiger partial charge on any atom is 0.255 e. The number of nitrogens with one attached hydrogen (secondary N) is 2. The van der Waals surface area contributed by atoms with Crippen molar-refractivity contribution in [3.05, 3.63) is 83.4 Å². The van der Waals surface area contributed by atoms with Crippen molar-refractivity contribution in [3.8, 4) is 11.1 Å². The van der Waals surface area contributed by atoms with E-state index in [-0.39, 0.29) is 16.4 Å². The average molecular weight is 478 g/mol. The van der Waals surface area contributed by atoms with Crippen molar-refractivity contribution >= 4 is 27.5 Å². The van der Waals surface area contributed by atoms with Gasteiger partial charge in [0.1, 0.15) is 0 Å². The number of sulfonamides is 1. The number of benzene rings is 3. The van der Waals surface area contributed by atoms with E-state index in [0.29, 0.717) is 44.1 Å². The van der Waals surface area contributed by atoms with Crippen LogP contribution in [-0.2, 0) is 21.3 Å². The second-order valence-corrected chi connectivity index (χ2v) is 10.0. The molecular weight excluding hydrogens is 454 g/mol. The molecule has 0 spiro atoms. The lowest BCUT2D eigenvalue weighted by Gasteiger charge is -2.26. The molecule has 5 rings (SSSR count). The van der Waals surface area contributed by atoms with E-state index >= 15 is 0 Å². The van der Waals surface area contributed by atoms with Crippen LogP contribution in [0.25, 0.3) is 11.1 Å². The summed E-state index contributed by atoms with van der Waals surface area (Å²) in [7, 11) is -3.69. The summed E-state index contributed by atoms with van der Waals surface area (Å²) in [6.45, 7) is 1.79. The van der Waals surface area contributed by atoms with Gasteiger partial charge in [0.05, 0.1) is 18.1 Å². The lowest BCUT2D eigenvalue weighted by molar-refractivity contribution is 0.0730. The minimum atomic E-state index is -3.69. The number of carbonyl (C=O) groups excluding carboxylic acids is 2. The second-order valence-electron chi connectivity index (χ2n) is 8.09. The fraction of sp³-hybridized carbons (Fsp3) is 0.200. The molecular formula is C25H23N3O5S. The molecule has 8 nitrogen and oxygen atoms in total. The number of carbonyl (C=O) groups is 2. The number of hydrogen-bond acceptors (Lipinski definition) is 5. The van der Waals surface area contributed by atoms with Crippen LogP contribution in [0, 0.1) is 0 Å². The summed E-state index contributed by atoms with van der Waals surface area (Å²) in [6.07, 6.45) is 0. The van der Waals surface area contributed by atoms with Crippen LogP contribution in [0.3, 0.4) is 0 Å². The fourth-order valence-corrected chi connectivity index (χ4v) is 5.65. The number of anilines is 1. The minimum Gasteiger partial charge on any atom is -0.379 e. The maximum absolute atomic E-state index is 12.9. The van der Waals surface area contributed by atoms with Gasteiger partial charge in [-0.3, -0.25) is 9.59 Å². The molecule has 9 heteroatoms. The van der Waals surface area contributed by atoms with E-state index in [9.17, 15) is 18.0 Å². The summed E-state index contributed by atoms with van der Waals surface area (Å²) in [4.78, 5) is 24.8. The number of ether oxygens (including phenoxy) is 1. The Labute approximate surface area is 197 Å². The molecule has 1 fully saturated rings. The second kappa shape index (κ2) is 9.02. The van der Waals surface area contributed by atoms with Gasteiger partial charge in [-0.25, -0.2) is 8.42 Å². The predicted molar refractivity (Wildman–Crippen MR) is 127 cm³/mol. The number of morpholine rings is 1. The van der Waals surface area contributed by atoms with Crippen LogP contribution < -0.4 is 10.6 Å². The van der Waals surface area contributed by atoms with Crippen molar-refractivity contribution in [1.29, 1.82) is 0 Å². The predicted octanol–water partition coefficient (Wildman–Crippen LogP) is 2.87. The zero-order chi connectivity index (χ0) is 23.7. The van der Waals surface area contributed by atoms with Gasteiger partial charge in [0.25, 0.3) is 11.8 Å². The summed E-state index contributed by atoms with van der Waals surface area (Å²) in [5.41, 5.74) is 4.38. The lowest BCUT2D eigenvalue weighted by atomic mass is 9.97. The third kappa shape index (κ3) is 4.21. The normalized spacial score (nSPS) is 16.1. The highest BCUT2D eigenvalue weighted by Crippen LogP contribution is 2.30. The molecule has 0 atom stereocenters. The Hall–Kier alpha value is -3.53. The third-order valence-electron chi connectivity index (χ3n) is 6.00. The molecule has 34 heavy (non-hydrogen) atoms. The van der Waals surface area contributed by atoms with Crippen molar-refractivity contribution < 1.29 is 22.7 Å². The molecule has 0 bridgehead atoms. The van der Waals surface area contributed by atoms with Crippen LogP contribution in [0.2, 0.25) is 0 Å². The lowest BCUT2D eigenvalue weighted by Crippen LogP contribution is -2.40. The van der Waals surface area contributed by atoms with E-state index in [1.807, 2.05) is 30.3 Å². The van der Waals surface area contributed by atoms with E-state index in [1.165, 1.54) is 16.4 Å². The Morgan fingerprint density at radius 2 is 1.65 bits per heavy atom. The molecule has 0 radical (unpaired) electrons. The van der Waals surface area contributed by atoms with Gasteiger partial charge in [-0.1, -0.05) is 30.3 Å². The van der Waals surface area contributed by atoms with Crippen molar-refractivity contribution in [1.82, 2.24) is 9.62 Å². The van der Waals surface area contributed by atoms with Crippen LogP contribution in [0.1, 0.15) is 26.3 Å². The Bertz CT molecular complexity index is 1360. The summed E-state index contributed by atoms with van der Waals surface area (Å²) in [6, 6.07) is 19.0. The molecule has 2 N–H and O–H groups in total. The van der Waals surface area contributed by atoms with E-state index in [4.69, 9.17) is 4.74 Å². The summed E-state index contributed by atoms with van der Waals surface area (Å²) >= 11 is 0. The fourth-order valence-electron chi connectivity index (χ4n) is 4.19. The van der Waals surface area contributed by atoms with E-state index in [1.54, 1.807) is 24.3 Å². The monoisotopic (exact) mass is 477 g/mol. The summed E-state index contributed by atoms with van der Waals surface area (Å²) in [5.74, 6) is -0.472. The quantitative estimate of drug-likeness (QED) is 0.588. The number of rotatable bonds is 5. The van der Waals surface area contributed by atoms with E-state index in [0.717, 1.165) is 16.7 Å². The van der Waals surface area contributed by atoms with Crippen LogP contribution in [0.15, 0.2) is 71.6 Å². The van der Waals surface area contributed by atoms with Crippen LogP contribution in [-0.4, -0.2) is 50.8 Å². The van der Waals surface area contributed by atoms with Crippen LogP contribution >= 0.6 is 0 Å². The van der Waals surface area contributed by atoms with Crippen LogP contribution in [0.5, 0.6) is 0 Å². The molecule has 0 saturated carbocycles. The minimum absolute atomic E-state index is 0.0707. The molecule has 2 amide bonds. The average Bonchev–Trinajstić information content (AvgIpc) is 3.26. The molecule has 3 aromatic rings. The van der Waals surface area contributed by atoms with Gasteiger partial charge < -0.3 is 15.4 Å². The summed E-state index contributed by atoms with van der Waals surface area (Å²) in [5, 5.41) is 5.66. The highest BCUT2D eigenvalue weighted by molar-refractivity contribution is 7.89. The van der Waals surface area contributed by atoms with Gasteiger partial charge in [0.15, 0.2) is 0 Å². The van der Waals surface area contributed by atoms with E-state index in [2.05, 4.69) is 10.6 Å². The van der Waals surface area contributed by atoms with Gasteiger partial charge in [0.2, 0.25) is 10.0 Å². The first-order chi connectivity index (χ1) is 16.4. The van der Waals surface area contributed by atoms with Crippen molar-refractivity contribution in [2.45, 2.75) is 11.4 Å². The SMILES string of the molecule is O=C(Nc1ccc(-c2cccc3c2CNC3=O)cc1)c1cccc(S(=O)(=O)N2CCOCC2)c1. The standard InChI is InChI=1S/C25H23N3O5S/c29-24(18-3-1-4-20(15-18)34(31,32)28-11-13-33-14-12-28)27-19-9-7-17(8-10-19)21-5-2-6-22-23(21)16-26-25(22)30/h1-10,15H,11-14,16H2,(H,26,30)(H,27,29). The number of fused-ring (bicyclic) bond motifs is 1.